The van der Waals surface area contributed by atoms with Gasteiger partial charge in [0.15, 0.2) is 6.10 Å². The molecule has 434 valence electrons. The summed E-state index contributed by atoms with van der Waals surface area (Å²) in [5.41, 5.74) is 0. The van der Waals surface area contributed by atoms with Crippen LogP contribution in [0.25, 0.3) is 0 Å². The molecule has 0 aliphatic carbocycles. The predicted octanol–water partition coefficient (Wildman–Crippen LogP) is 22.5. The van der Waals surface area contributed by atoms with Crippen molar-refractivity contribution in [2.24, 2.45) is 5.92 Å². The van der Waals surface area contributed by atoms with Crippen LogP contribution < -0.4 is 0 Å². The molecule has 6 nitrogen and oxygen atoms in total. The smallest absolute Gasteiger partial charge is 0.306 e. The van der Waals surface area contributed by atoms with Crippen LogP contribution in [0.1, 0.15) is 387 Å². The van der Waals surface area contributed by atoms with Gasteiger partial charge in [0.25, 0.3) is 0 Å². The molecule has 0 bridgehead atoms. The van der Waals surface area contributed by atoms with Gasteiger partial charge in [0.1, 0.15) is 13.2 Å². The standard InChI is InChI=1S/C67H130O6/c1-5-7-9-11-13-15-17-19-21-22-23-28-32-36-40-44-48-52-56-60-67(70)73-64(61-71-65(68)58-54-50-46-42-38-34-29-20-18-16-14-12-10-8-6-2)62-72-66(69)59-55-51-47-43-39-35-31-27-25-24-26-30-33-37-41-45-49-53-57-63(3)4/h63-64H,5-62H2,1-4H3/t64-/m1/s1. The molecule has 6 heteroatoms. The van der Waals surface area contributed by atoms with Crippen molar-refractivity contribution >= 4 is 17.9 Å². The first kappa shape index (κ1) is 71.4. The molecule has 0 spiro atoms. The molecule has 0 saturated heterocycles. The van der Waals surface area contributed by atoms with Gasteiger partial charge in [-0.3, -0.25) is 14.4 Å². The Morgan fingerprint density at radius 3 is 0.671 bits per heavy atom. The summed E-state index contributed by atoms with van der Waals surface area (Å²) in [5, 5.41) is 0. The molecule has 0 heterocycles. The molecule has 0 unspecified atom stereocenters. The summed E-state index contributed by atoms with van der Waals surface area (Å²) in [6.45, 7) is 9.11. The average Bonchev–Trinajstić information content (AvgIpc) is 3.38. The van der Waals surface area contributed by atoms with Gasteiger partial charge in [0.05, 0.1) is 0 Å². The third-order valence-corrected chi connectivity index (χ3v) is 15.5. The SMILES string of the molecule is CCCCCCCCCCCCCCCCCCCCCC(=O)O[C@H](COC(=O)CCCCCCCCCCCCCCCCC)COC(=O)CCCCCCCCCCCCCCCCCCCCC(C)C. The fourth-order valence-corrected chi connectivity index (χ4v) is 10.5. The van der Waals surface area contributed by atoms with Crippen LogP contribution in [0, 0.1) is 5.92 Å². The first-order valence-electron chi connectivity index (χ1n) is 33.4. The third-order valence-electron chi connectivity index (χ3n) is 15.5. The van der Waals surface area contributed by atoms with Gasteiger partial charge in [-0.2, -0.15) is 0 Å². The molecule has 1 atom stereocenters. The van der Waals surface area contributed by atoms with Crippen LogP contribution in [0.2, 0.25) is 0 Å². The van der Waals surface area contributed by atoms with Crippen LogP contribution in [0.5, 0.6) is 0 Å². The Morgan fingerprint density at radius 2 is 0.452 bits per heavy atom. The number of unbranched alkanes of at least 4 members (excludes halogenated alkanes) is 49. The summed E-state index contributed by atoms with van der Waals surface area (Å²) in [4.78, 5) is 38.4. The van der Waals surface area contributed by atoms with E-state index >= 15 is 0 Å². The molecule has 0 aliphatic rings. The third kappa shape index (κ3) is 61.1. The van der Waals surface area contributed by atoms with E-state index in [1.54, 1.807) is 0 Å². The maximum absolute atomic E-state index is 12.9. The number of rotatable bonds is 62. The number of hydrogen-bond acceptors (Lipinski definition) is 6. The summed E-state index contributed by atoms with van der Waals surface area (Å²) in [6, 6.07) is 0. The van der Waals surface area contributed by atoms with Gasteiger partial charge in [0, 0.05) is 19.3 Å². The van der Waals surface area contributed by atoms with Gasteiger partial charge in [-0.1, -0.05) is 349 Å². The zero-order valence-electron chi connectivity index (χ0n) is 50.1. The topological polar surface area (TPSA) is 78.9 Å². The molecule has 0 radical (unpaired) electrons. The van der Waals surface area contributed by atoms with Crippen molar-refractivity contribution in [3.63, 3.8) is 0 Å². The summed E-state index contributed by atoms with van der Waals surface area (Å²) in [7, 11) is 0. The molecule has 0 aromatic heterocycles. The highest BCUT2D eigenvalue weighted by Crippen LogP contribution is 2.19. The van der Waals surface area contributed by atoms with Crippen LogP contribution in [0.15, 0.2) is 0 Å². The highest BCUT2D eigenvalue weighted by molar-refractivity contribution is 5.71. The Kier molecular flexibility index (Phi) is 59.9. The summed E-state index contributed by atoms with van der Waals surface area (Å²) < 4.78 is 17.0. The van der Waals surface area contributed by atoms with Gasteiger partial charge < -0.3 is 14.2 Å². The van der Waals surface area contributed by atoms with E-state index in [9.17, 15) is 14.4 Å². The summed E-state index contributed by atoms with van der Waals surface area (Å²) in [6.07, 6.45) is 69.7. The first-order valence-corrected chi connectivity index (χ1v) is 33.4. The fraction of sp³-hybridized carbons (Fsp3) is 0.955. The van der Waals surface area contributed by atoms with Gasteiger partial charge in [-0.25, -0.2) is 0 Å². The predicted molar refractivity (Wildman–Crippen MR) is 317 cm³/mol. The normalized spacial score (nSPS) is 12.0. The van der Waals surface area contributed by atoms with Crippen molar-refractivity contribution in [2.75, 3.05) is 13.2 Å². The lowest BCUT2D eigenvalue weighted by Gasteiger charge is -2.18. The van der Waals surface area contributed by atoms with Crippen molar-refractivity contribution in [3.05, 3.63) is 0 Å². The molecule has 0 fully saturated rings. The van der Waals surface area contributed by atoms with E-state index in [-0.39, 0.29) is 31.1 Å². The van der Waals surface area contributed by atoms with E-state index in [1.165, 1.54) is 283 Å². The lowest BCUT2D eigenvalue weighted by Crippen LogP contribution is -2.30. The van der Waals surface area contributed by atoms with Crippen LogP contribution in [0.3, 0.4) is 0 Å². The largest absolute Gasteiger partial charge is 0.462 e. The maximum atomic E-state index is 12.9. The van der Waals surface area contributed by atoms with E-state index in [4.69, 9.17) is 14.2 Å². The monoisotopic (exact) mass is 1030 g/mol. The van der Waals surface area contributed by atoms with E-state index in [0.717, 1.165) is 63.7 Å². The van der Waals surface area contributed by atoms with Crippen LogP contribution in [0.4, 0.5) is 0 Å². The Morgan fingerprint density at radius 1 is 0.260 bits per heavy atom. The first-order chi connectivity index (χ1) is 35.9. The van der Waals surface area contributed by atoms with E-state index in [2.05, 4.69) is 27.7 Å². The van der Waals surface area contributed by atoms with Crippen molar-refractivity contribution in [1.82, 2.24) is 0 Å². The molecule has 0 amide bonds. The summed E-state index contributed by atoms with van der Waals surface area (Å²) >= 11 is 0. The van der Waals surface area contributed by atoms with Crippen LogP contribution >= 0.6 is 0 Å². The van der Waals surface area contributed by atoms with E-state index in [1.807, 2.05) is 0 Å². The zero-order valence-corrected chi connectivity index (χ0v) is 50.1. The molecule has 0 N–H and O–H groups in total. The Labute approximate surface area is 457 Å². The Bertz CT molecular complexity index is 1110. The molecule has 0 rings (SSSR count). The summed E-state index contributed by atoms with van der Waals surface area (Å²) in [5.74, 6) is 0.0352. The maximum Gasteiger partial charge on any atom is 0.306 e. The molecular formula is C67H130O6. The average molecular weight is 1030 g/mol. The van der Waals surface area contributed by atoms with E-state index < -0.39 is 6.10 Å². The number of esters is 3. The quantitative estimate of drug-likeness (QED) is 0.0343. The minimum Gasteiger partial charge on any atom is -0.462 e. The second kappa shape index (κ2) is 61.3. The Hall–Kier alpha value is -1.59. The molecule has 0 aromatic rings. The molecule has 73 heavy (non-hydrogen) atoms. The molecular weight excluding hydrogens is 901 g/mol. The van der Waals surface area contributed by atoms with Crippen molar-refractivity contribution in [3.8, 4) is 0 Å². The Balaban J connectivity index is 4.26. The van der Waals surface area contributed by atoms with Crippen LogP contribution in [-0.2, 0) is 28.6 Å². The highest BCUT2D eigenvalue weighted by atomic mass is 16.6. The van der Waals surface area contributed by atoms with Gasteiger partial charge in [-0.15, -0.1) is 0 Å². The van der Waals surface area contributed by atoms with Gasteiger partial charge in [-0.05, 0) is 25.2 Å². The zero-order chi connectivity index (χ0) is 53.0. The fourth-order valence-electron chi connectivity index (χ4n) is 10.5. The van der Waals surface area contributed by atoms with Crippen molar-refractivity contribution in [1.29, 1.82) is 0 Å². The molecule has 0 aromatic carbocycles. The number of carbonyl (C=O) groups excluding carboxylic acids is 3. The van der Waals surface area contributed by atoms with Crippen molar-refractivity contribution in [2.45, 2.75) is 393 Å². The minimum atomic E-state index is -0.763. The van der Waals surface area contributed by atoms with E-state index in [0.29, 0.717) is 19.3 Å². The second-order valence-corrected chi connectivity index (χ2v) is 23.6. The molecule has 0 saturated carbocycles. The number of carbonyl (C=O) groups is 3. The van der Waals surface area contributed by atoms with Gasteiger partial charge >= 0.3 is 17.9 Å². The highest BCUT2D eigenvalue weighted by Gasteiger charge is 2.19. The number of hydrogen-bond donors (Lipinski definition) is 0. The van der Waals surface area contributed by atoms with Crippen LogP contribution in [-0.4, -0.2) is 37.2 Å². The van der Waals surface area contributed by atoms with Gasteiger partial charge in [0.2, 0.25) is 0 Å². The second-order valence-electron chi connectivity index (χ2n) is 23.6. The lowest BCUT2D eigenvalue weighted by molar-refractivity contribution is -0.167. The van der Waals surface area contributed by atoms with Crippen molar-refractivity contribution < 1.29 is 28.6 Å². The lowest BCUT2D eigenvalue weighted by atomic mass is 10.0. The number of ether oxygens (including phenoxy) is 3. The minimum absolute atomic E-state index is 0.0608. The molecule has 0 aliphatic heterocycles.